The lowest BCUT2D eigenvalue weighted by molar-refractivity contribution is -0.118. The number of halogens is 1. The zero-order valence-electron chi connectivity index (χ0n) is 15.9. The Balaban J connectivity index is 1.60. The number of hydrogen-bond donors (Lipinski definition) is 2. The SMILES string of the molecule is Cc1cc(Cl)ccc1OCC(=O)Nc1ccccc1C(=O)NCc1ccccc1. The molecular weight excluding hydrogens is 388 g/mol. The van der Waals surface area contributed by atoms with Crippen LogP contribution in [0, 0.1) is 6.92 Å². The summed E-state index contributed by atoms with van der Waals surface area (Å²) >= 11 is 5.93. The molecule has 0 heterocycles. The van der Waals surface area contributed by atoms with Gasteiger partial charge in [-0.05, 0) is 48.4 Å². The Morgan fingerprint density at radius 1 is 0.966 bits per heavy atom. The summed E-state index contributed by atoms with van der Waals surface area (Å²) in [6, 6.07) is 21.7. The van der Waals surface area contributed by atoms with Crippen LogP contribution in [0.1, 0.15) is 21.5 Å². The normalized spacial score (nSPS) is 10.3. The van der Waals surface area contributed by atoms with E-state index in [4.69, 9.17) is 16.3 Å². The van der Waals surface area contributed by atoms with Crippen molar-refractivity contribution in [1.82, 2.24) is 5.32 Å². The summed E-state index contributed by atoms with van der Waals surface area (Å²) in [4.78, 5) is 24.9. The molecule has 2 amide bonds. The van der Waals surface area contributed by atoms with Gasteiger partial charge in [0, 0.05) is 11.6 Å². The zero-order valence-corrected chi connectivity index (χ0v) is 16.7. The number of amides is 2. The number of carbonyl (C=O) groups is 2. The van der Waals surface area contributed by atoms with Gasteiger partial charge in [-0.3, -0.25) is 9.59 Å². The minimum absolute atomic E-state index is 0.178. The van der Waals surface area contributed by atoms with Crippen molar-refractivity contribution in [2.75, 3.05) is 11.9 Å². The fourth-order valence-corrected chi connectivity index (χ4v) is 2.99. The van der Waals surface area contributed by atoms with Gasteiger partial charge in [0.2, 0.25) is 0 Å². The Labute approximate surface area is 174 Å². The summed E-state index contributed by atoms with van der Waals surface area (Å²) in [6.45, 7) is 2.08. The summed E-state index contributed by atoms with van der Waals surface area (Å²) in [5, 5.41) is 6.21. The van der Waals surface area contributed by atoms with Crippen molar-refractivity contribution in [1.29, 1.82) is 0 Å². The highest BCUT2D eigenvalue weighted by Gasteiger charge is 2.13. The second kappa shape index (κ2) is 9.75. The Bertz CT molecular complexity index is 1010. The van der Waals surface area contributed by atoms with Crippen LogP contribution < -0.4 is 15.4 Å². The fourth-order valence-electron chi connectivity index (χ4n) is 2.77. The van der Waals surface area contributed by atoms with Crippen molar-refractivity contribution in [3.05, 3.63) is 94.5 Å². The zero-order chi connectivity index (χ0) is 20.6. The smallest absolute Gasteiger partial charge is 0.262 e. The van der Waals surface area contributed by atoms with Gasteiger partial charge in [0.1, 0.15) is 5.75 Å². The van der Waals surface area contributed by atoms with E-state index in [-0.39, 0.29) is 18.4 Å². The van der Waals surface area contributed by atoms with Crippen molar-refractivity contribution in [2.24, 2.45) is 0 Å². The van der Waals surface area contributed by atoms with E-state index in [1.165, 1.54) is 0 Å². The quantitative estimate of drug-likeness (QED) is 0.600. The monoisotopic (exact) mass is 408 g/mol. The highest BCUT2D eigenvalue weighted by atomic mass is 35.5. The number of nitrogens with one attached hydrogen (secondary N) is 2. The molecule has 6 heteroatoms. The Kier molecular flexibility index (Phi) is 6.87. The maximum absolute atomic E-state index is 12.6. The van der Waals surface area contributed by atoms with E-state index in [1.807, 2.05) is 37.3 Å². The molecule has 29 heavy (non-hydrogen) atoms. The van der Waals surface area contributed by atoms with Crippen LogP contribution >= 0.6 is 11.6 Å². The lowest BCUT2D eigenvalue weighted by Gasteiger charge is -2.13. The number of carbonyl (C=O) groups excluding carboxylic acids is 2. The minimum Gasteiger partial charge on any atom is -0.483 e. The van der Waals surface area contributed by atoms with Gasteiger partial charge >= 0.3 is 0 Å². The molecule has 0 unspecified atom stereocenters. The van der Waals surface area contributed by atoms with Gasteiger partial charge in [-0.1, -0.05) is 54.1 Å². The Morgan fingerprint density at radius 3 is 2.45 bits per heavy atom. The van der Waals surface area contributed by atoms with Crippen molar-refractivity contribution >= 4 is 29.1 Å². The van der Waals surface area contributed by atoms with E-state index >= 15 is 0 Å². The second-order valence-electron chi connectivity index (χ2n) is 6.46. The van der Waals surface area contributed by atoms with Gasteiger partial charge in [-0.15, -0.1) is 0 Å². The van der Waals surface area contributed by atoms with Crippen molar-refractivity contribution < 1.29 is 14.3 Å². The van der Waals surface area contributed by atoms with Crippen LogP contribution in [0.2, 0.25) is 5.02 Å². The molecule has 0 aliphatic carbocycles. The molecule has 0 aliphatic heterocycles. The number of anilines is 1. The lowest BCUT2D eigenvalue weighted by Crippen LogP contribution is -2.26. The van der Waals surface area contributed by atoms with Gasteiger partial charge < -0.3 is 15.4 Å². The molecule has 0 radical (unpaired) electrons. The predicted molar refractivity (Wildman–Crippen MR) is 114 cm³/mol. The lowest BCUT2D eigenvalue weighted by atomic mass is 10.1. The first kappa shape index (κ1) is 20.4. The molecule has 0 saturated carbocycles. The summed E-state index contributed by atoms with van der Waals surface area (Å²) in [7, 11) is 0. The summed E-state index contributed by atoms with van der Waals surface area (Å²) in [5.74, 6) is -0.0414. The number of benzene rings is 3. The Hall–Kier alpha value is -3.31. The first-order chi connectivity index (χ1) is 14.0. The van der Waals surface area contributed by atoms with Crippen LogP contribution in [-0.4, -0.2) is 18.4 Å². The van der Waals surface area contributed by atoms with E-state index in [0.717, 1.165) is 11.1 Å². The minimum atomic E-state index is -0.359. The standard InChI is InChI=1S/C23H21ClN2O3/c1-16-13-18(24)11-12-21(16)29-15-22(27)26-20-10-6-5-9-19(20)23(28)25-14-17-7-3-2-4-8-17/h2-13H,14-15H2,1H3,(H,25,28)(H,26,27). The van der Waals surface area contributed by atoms with Gasteiger partial charge in [0.15, 0.2) is 6.61 Å². The van der Waals surface area contributed by atoms with Crippen LogP contribution in [0.5, 0.6) is 5.75 Å². The molecular formula is C23H21ClN2O3. The van der Waals surface area contributed by atoms with E-state index in [2.05, 4.69) is 10.6 Å². The average Bonchev–Trinajstić information content (AvgIpc) is 2.72. The first-order valence-electron chi connectivity index (χ1n) is 9.13. The molecule has 5 nitrogen and oxygen atoms in total. The van der Waals surface area contributed by atoms with Gasteiger partial charge in [0.05, 0.1) is 11.3 Å². The third kappa shape index (κ3) is 5.83. The topological polar surface area (TPSA) is 67.4 Å². The number of ether oxygens (including phenoxy) is 1. The summed E-state index contributed by atoms with van der Waals surface area (Å²) < 4.78 is 5.56. The molecule has 0 aliphatic rings. The van der Waals surface area contributed by atoms with Crippen LogP contribution in [0.3, 0.4) is 0 Å². The Morgan fingerprint density at radius 2 is 1.69 bits per heavy atom. The van der Waals surface area contributed by atoms with Crippen LogP contribution in [-0.2, 0) is 11.3 Å². The van der Waals surface area contributed by atoms with Crippen molar-refractivity contribution in [3.63, 3.8) is 0 Å². The molecule has 3 aromatic rings. The molecule has 0 aromatic heterocycles. The molecule has 2 N–H and O–H groups in total. The van der Waals surface area contributed by atoms with Crippen molar-refractivity contribution in [2.45, 2.75) is 13.5 Å². The largest absolute Gasteiger partial charge is 0.483 e. The van der Waals surface area contributed by atoms with Crippen LogP contribution in [0.25, 0.3) is 0 Å². The van der Waals surface area contributed by atoms with Crippen LogP contribution in [0.15, 0.2) is 72.8 Å². The molecule has 0 spiro atoms. The highest BCUT2D eigenvalue weighted by molar-refractivity contribution is 6.30. The van der Waals surface area contributed by atoms with E-state index < -0.39 is 0 Å². The molecule has 3 rings (SSSR count). The van der Waals surface area contributed by atoms with E-state index in [9.17, 15) is 9.59 Å². The van der Waals surface area contributed by atoms with E-state index in [0.29, 0.717) is 28.6 Å². The van der Waals surface area contributed by atoms with Gasteiger partial charge in [-0.25, -0.2) is 0 Å². The molecule has 0 saturated heterocycles. The molecule has 148 valence electrons. The summed E-state index contributed by atoms with van der Waals surface area (Å²) in [6.07, 6.45) is 0. The molecule has 3 aromatic carbocycles. The van der Waals surface area contributed by atoms with Crippen LogP contribution in [0.4, 0.5) is 5.69 Å². The van der Waals surface area contributed by atoms with Gasteiger partial charge in [-0.2, -0.15) is 0 Å². The third-order valence-corrected chi connectivity index (χ3v) is 4.47. The first-order valence-corrected chi connectivity index (χ1v) is 9.50. The number of rotatable bonds is 7. The van der Waals surface area contributed by atoms with Gasteiger partial charge in [0.25, 0.3) is 11.8 Å². The van der Waals surface area contributed by atoms with Crippen molar-refractivity contribution in [3.8, 4) is 5.75 Å². The maximum Gasteiger partial charge on any atom is 0.262 e. The number of para-hydroxylation sites is 1. The van der Waals surface area contributed by atoms with E-state index in [1.54, 1.807) is 42.5 Å². The maximum atomic E-state index is 12.6. The second-order valence-corrected chi connectivity index (χ2v) is 6.90. The summed E-state index contributed by atoms with van der Waals surface area (Å²) in [5.41, 5.74) is 2.65. The molecule has 0 atom stereocenters. The molecule has 0 bridgehead atoms. The number of hydrogen-bond acceptors (Lipinski definition) is 3. The molecule has 0 fully saturated rings. The predicted octanol–water partition coefficient (Wildman–Crippen LogP) is 4.60. The third-order valence-electron chi connectivity index (χ3n) is 4.24. The fraction of sp³-hybridized carbons (Fsp3) is 0.130. The number of aryl methyl sites for hydroxylation is 1. The highest BCUT2D eigenvalue weighted by Crippen LogP contribution is 2.22. The average molecular weight is 409 g/mol.